The van der Waals surface area contributed by atoms with Gasteiger partial charge >= 0.3 is 5.69 Å². The van der Waals surface area contributed by atoms with E-state index in [-0.39, 0.29) is 11.2 Å². The van der Waals surface area contributed by atoms with Crippen LogP contribution in [0.3, 0.4) is 0 Å². The van der Waals surface area contributed by atoms with Crippen molar-refractivity contribution in [3.05, 3.63) is 98.5 Å². The lowest BCUT2D eigenvalue weighted by Crippen LogP contribution is -2.37. The SMILES string of the molecule is Cn1c(=O)c2c(ncn2C(c2ccc(F)cc2)c2ccc(F)cc2)n(C)c1=O. The van der Waals surface area contributed by atoms with Crippen LogP contribution in [0.25, 0.3) is 11.2 Å². The lowest BCUT2D eigenvalue weighted by Gasteiger charge is -2.21. The third-order valence-electron chi connectivity index (χ3n) is 4.82. The maximum absolute atomic E-state index is 13.5. The summed E-state index contributed by atoms with van der Waals surface area (Å²) >= 11 is 0. The van der Waals surface area contributed by atoms with Gasteiger partial charge in [0.2, 0.25) is 0 Å². The Morgan fingerprint density at radius 2 is 1.32 bits per heavy atom. The first-order chi connectivity index (χ1) is 13.4. The topological polar surface area (TPSA) is 61.8 Å². The average molecular weight is 382 g/mol. The summed E-state index contributed by atoms with van der Waals surface area (Å²) in [6.07, 6.45) is 1.46. The molecule has 2 aromatic carbocycles. The molecule has 0 radical (unpaired) electrons. The molecule has 0 saturated heterocycles. The van der Waals surface area contributed by atoms with Gasteiger partial charge in [0.05, 0.1) is 12.4 Å². The number of hydrogen-bond donors (Lipinski definition) is 0. The number of halogens is 2. The van der Waals surface area contributed by atoms with Crippen LogP contribution in [0.1, 0.15) is 17.2 Å². The van der Waals surface area contributed by atoms with Crippen molar-refractivity contribution >= 4 is 11.2 Å². The highest BCUT2D eigenvalue weighted by Crippen LogP contribution is 2.29. The van der Waals surface area contributed by atoms with E-state index in [9.17, 15) is 18.4 Å². The van der Waals surface area contributed by atoms with E-state index < -0.39 is 28.9 Å². The van der Waals surface area contributed by atoms with Crippen LogP contribution in [0, 0.1) is 11.6 Å². The molecule has 0 bridgehead atoms. The number of aromatic nitrogens is 4. The molecule has 0 fully saturated rings. The molecule has 0 unspecified atom stereocenters. The molecule has 0 saturated carbocycles. The molecule has 0 aliphatic heterocycles. The first-order valence-corrected chi connectivity index (χ1v) is 8.52. The molecule has 0 N–H and O–H groups in total. The summed E-state index contributed by atoms with van der Waals surface area (Å²) in [5.41, 5.74) is 0.852. The maximum Gasteiger partial charge on any atom is 0.332 e. The Hall–Kier alpha value is -3.55. The van der Waals surface area contributed by atoms with Gasteiger partial charge in [-0.25, -0.2) is 18.6 Å². The lowest BCUT2D eigenvalue weighted by atomic mass is 9.98. The van der Waals surface area contributed by atoms with Crippen molar-refractivity contribution in [1.82, 2.24) is 18.7 Å². The van der Waals surface area contributed by atoms with Gasteiger partial charge in [-0.2, -0.15) is 0 Å². The zero-order chi connectivity index (χ0) is 20.0. The van der Waals surface area contributed by atoms with E-state index in [1.165, 1.54) is 49.3 Å². The van der Waals surface area contributed by atoms with E-state index in [1.807, 2.05) is 0 Å². The smallest absolute Gasteiger partial charge is 0.313 e. The van der Waals surface area contributed by atoms with Crippen molar-refractivity contribution in [2.75, 3.05) is 0 Å². The lowest BCUT2D eigenvalue weighted by molar-refractivity contribution is 0.619. The monoisotopic (exact) mass is 382 g/mol. The number of rotatable bonds is 3. The number of aryl methyl sites for hydroxylation is 1. The van der Waals surface area contributed by atoms with Gasteiger partial charge in [-0.1, -0.05) is 24.3 Å². The summed E-state index contributed by atoms with van der Waals surface area (Å²) in [6.45, 7) is 0. The number of fused-ring (bicyclic) bond motifs is 1. The van der Waals surface area contributed by atoms with Gasteiger partial charge < -0.3 is 4.57 Å². The van der Waals surface area contributed by atoms with Crippen molar-refractivity contribution in [3.63, 3.8) is 0 Å². The molecule has 0 spiro atoms. The fourth-order valence-corrected chi connectivity index (χ4v) is 3.36. The van der Waals surface area contributed by atoms with E-state index in [1.54, 1.807) is 28.8 Å². The molecule has 0 aliphatic carbocycles. The summed E-state index contributed by atoms with van der Waals surface area (Å²) < 4.78 is 30.8. The second kappa shape index (κ2) is 6.56. The number of nitrogens with zero attached hydrogens (tertiary/aromatic N) is 4. The predicted molar refractivity (Wildman–Crippen MR) is 100 cm³/mol. The Balaban J connectivity index is 2.05. The fraction of sp³-hybridized carbons (Fsp3) is 0.150. The van der Waals surface area contributed by atoms with Crippen LogP contribution in [0.2, 0.25) is 0 Å². The Kier molecular flexibility index (Phi) is 4.18. The number of imidazole rings is 1. The van der Waals surface area contributed by atoms with E-state index in [2.05, 4.69) is 4.98 Å². The minimum Gasteiger partial charge on any atom is -0.313 e. The van der Waals surface area contributed by atoms with Crippen LogP contribution >= 0.6 is 0 Å². The minimum atomic E-state index is -0.559. The van der Waals surface area contributed by atoms with Gasteiger partial charge in [-0.15, -0.1) is 0 Å². The molecular formula is C20H16F2N4O2. The Labute approximate surface area is 157 Å². The van der Waals surface area contributed by atoms with Crippen molar-refractivity contribution in [1.29, 1.82) is 0 Å². The van der Waals surface area contributed by atoms with Crippen LogP contribution in [0.4, 0.5) is 8.78 Å². The largest absolute Gasteiger partial charge is 0.332 e. The molecule has 0 amide bonds. The van der Waals surface area contributed by atoms with Crippen LogP contribution in [0.5, 0.6) is 0 Å². The second-order valence-electron chi connectivity index (χ2n) is 6.54. The summed E-state index contributed by atoms with van der Waals surface area (Å²) in [7, 11) is 2.93. The third kappa shape index (κ3) is 2.74. The van der Waals surface area contributed by atoms with E-state index in [4.69, 9.17) is 0 Å². The van der Waals surface area contributed by atoms with Crippen molar-refractivity contribution in [2.45, 2.75) is 6.04 Å². The summed E-state index contributed by atoms with van der Waals surface area (Å²) in [5.74, 6) is -0.786. The van der Waals surface area contributed by atoms with Gasteiger partial charge in [0.15, 0.2) is 11.2 Å². The van der Waals surface area contributed by atoms with Crippen molar-refractivity contribution < 1.29 is 8.78 Å². The maximum atomic E-state index is 13.5. The van der Waals surface area contributed by atoms with Gasteiger partial charge in [-0.05, 0) is 35.4 Å². The zero-order valence-corrected chi connectivity index (χ0v) is 15.1. The second-order valence-corrected chi connectivity index (χ2v) is 6.54. The molecule has 2 aromatic heterocycles. The standard InChI is InChI=1S/C20H16F2N4O2/c1-24-18-17(19(27)25(2)20(24)28)26(11-23-18)16(12-3-7-14(21)8-4-12)13-5-9-15(22)10-6-13/h3-11,16H,1-2H3. The Morgan fingerprint density at radius 1 is 0.821 bits per heavy atom. The summed E-state index contributed by atoms with van der Waals surface area (Å²) in [4.78, 5) is 29.3. The molecule has 4 aromatic rings. The van der Waals surface area contributed by atoms with Crippen molar-refractivity contribution in [2.24, 2.45) is 14.1 Å². The third-order valence-corrected chi connectivity index (χ3v) is 4.82. The van der Waals surface area contributed by atoms with Gasteiger partial charge in [0, 0.05) is 14.1 Å². The highest BCUT2D eigenvalue weighted by atomic mass is 19.1. The molecular weight excluding hydrogens is 366 g/mol. The number of hydrogen-bond acceptors (Lipinski definition) is 3. The fourth-order valence-electron chi connectivity index (χ4n) is 3.36. The van der Waals surface area contributed by atoms with Crippen LogP contribution in [0.15, 0.2) is 64.4 Å². The Morgan fingerprint density at radius 3 is 1.82 bits per heavy atom. The molecule has 0 aliphatic rings. The Bertz CT molecular complexity index is 1240. The molecule has 8 heteroatoms. The summed E-state index contributed by atoms with van der Waals surface area (Å²) in [6, 6.07) is 11.1. The molecule has 6 nitrogen and oxygen atoms in total. The van der Waals surface area contributed by atoms with Gasteiger partial charge in [-0.3, -0.25) is 13.9 Å². The quantitative estimate of drug-likeness (QED) is 0.547. The van der Waals surface area contributed by atoms with E-state index in [0.717, 1.165) is 4.57 Å². The zero-order valence-electron chi connectivity index (χ0n) is 15.1. The molecule has 4 rings (SSSR count). The molecule has 28 heavy (non-hydrogen) atoms. The summed E-state index contributed by atoms with van der Waals surface area (Å²) in [5, 5.41) is 0. The predicted octanol–water partition coefficient (Wildman–Crippen LogP) is 2.35. The van der Waals surface area contributed by atoms with Crippen LogP contribution in [-0.2, 0) is 14.1 Å². The van der Waals surface area contributed by atoms with E-state index >= 15 is 0 Å². The average Bonchev–Trinajstić information content (AvgIpc) is 3.13. The minimum absolute atomic E-state index is 0.225. The normalized spacial score (nSPS) is 11.5. The van der Waals surface area contributed by atoms with Crippen LogP contribution in [-0.4, -0.2) is 18.7 Å². The van der Waals surface area contributed by atoms with Gasteiger partial charge in [0.25, 0.3) is 5.56 Å². The molecule has 2 heterocycles. The molecule has 142 valence electrons. The first kappa shape index (κ1) is 17.8. The highest BCUT2D eigenvalue weighted by molar-refractivity contribution is 5.71. The van der Waals surface area contributed by atoms with E-state index in [0.29, 0.717) is 11.1 Å². The van der Waals surface area contributed by atoms with Crippen molar-refractivity contribution in [3.8, 4) is 0 Å². The first-order valence-electron chi connectivity index (χ1n) is 8.52. The highest BCUT2D eigenvalue weighted by Gasteiger charge is 2.23. The molecule has 0 atom stereocenters. The van der Waals surface area contributed by atoms with Crippen LogP contribution < -0.4 is 11.2 Å². The number of benzene rings is 2. The van der Waals surface area contributed by atoms with Gasteiger partial charge in [0.1, 0.15) is 11.6 Å².